The number of fused-ring (bicyclic) bond motifs is 3. The van der Waals surface area contributed by atoms with Crippen LogP contribution in [0.5, 0.6) is 11.5 Å². The van der Waals surface area contributed by atoms with Gasteiger partial charge in [0.05, 0.1) is 31.8 Å². The summed E-state index contributed by atoms with van der Waals surface area (Å²) >= 11 is 0. The van der Waals surface area contributed by atoms with Crippen molar-refractivity contribution < 1.29 is 14.3 Å². The first kappa shape index (κ1) is 21.5. The summed E-state index contributed by atoms with van der Waals surface area (Å²) in [4.78, 5) is 19.9. The van der Waals surface area contributed by atoms with Crippen molar-refractivity contribution in [2.24, 2.45) is 0 Å². The number of carbonyl (C=O) groups excluding carboxylic acids is 1. The Morgan fingerprint density at radius 1 is 0.875 bits per heavy atom. The normalized spacial score (nSPS) is 11.8. The number of amides is 1. The van der Waals surface area contributed by atoms with Crippen LogP contribution in [0, 0.1) is 0 Å². The number of halogens is 1. The summed E-state index contributed by atoms with van der Waals surface area (Å²) in [5, 5.41) is 0. The van der Waals surface area contributed by atoms with Gasteiger partial charge in [-0.3, -0.25) is 9.69 Å². The molecule has 1 amide bonds. The quantitative estimate of drug-likeness (QED) is 0.427. The minimum Gasteiger partial charge on any atom is -0.497 e. The van der Waals surface area contributed by atoms with E-state index in [2.05, 4.69) is 9.55 Å². The van der Waals surface area contributed by atoms with Crippen LogP contribution in [0.1, 0.15) is 10.4 Å². The Kier molecular flexibility index (Phi) is 5.88. The number of anilines is 1. The van der Waals surface area contributed by atoms with Gasteiger partial charge in [0.15, 0.2) is 0 Å². The molecule has 7 heteroatoms. The van der Waals surface area contributed by atoms with Gasteiger partial charge in [-0.1, -0.05) is 18.2 Å². The van der Waals surface area contributed by atoms with Gasteiger partial charge in [-0.05, 0) is 54.6 Å². The fourth-order valence-electron chi connectivity index (χ4n) is 3.91. The highest BCUT2D eigenvalue weighted by molar-refractivity contribution is 6.08. The number of hydrogen-bond donors (Lipinski definition) is 0. The number of imidazole rings is 1. The third-order valence-corrected chi connectivity index (χ3v) is 5.54. The summed E-state index contributed by atoms with van der Waals surface area (Å²) in [5.74, 6) is 2.24. The molecule has 1 aromatic heterocycles. The number of carbonyl (C=O) groups is 1. The van der Waals surface area contributed by atoms with Gasteiger partial charge >= 0.3 is 0 Å². The molecule has 1 aliphatic rings. The molecule has 0 fully saturated rings. The van der Waals surface area contributed by atoms with Gasteiger partial charge in [0, 0.05) is 16.7 Å². The Balaban J connectivity index is 0.00000245. The molecule has 0 atom stereocenters. The third kappa shape index (κ3) is 3.59. The van der Waals surface area contributed by atoms with E-state index in [1.165, 1.54) is 0 Å². The average molecular weight is 448 g/mol. The molecule has 0 bridgehead atoms. The van der Waals surface area contributed by atoms with Crippen LogP contribution >= 0.6 is 12.4 Å². The lowest BCUT2D eigenvalue weighted by Crippen LogP contribution is -2.36. The van der Waals surface area contributed by atoms with Crippen molar-refractivity contribution >= 4 is 24.0 Å². The maximum Gasteiger partial charge on any atom is 0.259 e. The van der Waals surface area contributed by atoms with Crippen molar-refractivity contribution in [3.63, 3.8) is 0 Å². The second-order valence-corrected chi connectivity index (χ2v) is 7.24. The predicted octanol–water partition coefficient (Wildman–Crippen LogP) is 5.27. The summed E-state index contributed by atoms with van der Waals surface area (Å²) in [6.07, 6.45) is 1.87. The average Bonchev–Trinajstić information content (AvgIpc) is 3.27. The lowest BCUT2D eigenvalue weighted by atomic mass is 10.1. The van der Waals surface area contributed by atoms with Crippen LogP contribution in [-0.4, -0.2) is 29.7 Å². The summed E-state index contributed by atoms with van der Waals surface area (Å²) in [6.45, 7) is 0.374. The Labute approximate surface area is 192 Å². The van der Waals surface area contributed by atoms with Gasteiger partial charge in [0.1, 0.15) is 24.0 Å². The maximum absolute atomic E-state index is 13.5. The molecular weight excluding hydrogens is 426 g/mol. The lowest BCUT2D eigenvalue weighted by molar-refractivity contribution is 0.0979. The van der Waals surface area contributed by atoms with E-state index in [4.69, 9.17) is 9.47 Å². The molecule has 0 radical (unpaired) electrons. The molecule has 3 aromatic carbocycles. The van der Waals surface area contributed by atoms with E-state index in [-0.39, 0.29) is 18.3 Å². The van der Waals surface area contributed by atoms with Crippen LogP contribution < -0.4 is 14.4 Å². The Hall–Kier alpha value is -3.77. The van der Waals surface area contributed by atoms with E-state index in [1.54, 1.807) is 43.4 Å². The number of hydrogen-bond acceptors (Lipinski definition) is 4. The van der Waals surface area contributed by atoms with Gasteiger partial charge in [-0.25, -0.2) is 4.98 Å². The molecule has 1 aliphatic heterocycles. The van der Waals surface area contributed by atoms with Crippen LogP contribution in [-0.2, 0) is 6.67 Å². The van der Waals surface area contributed by atoms with Crippen molar-refractivity contribution in [2.75, 3.05) is 19.1 Å². The number of methoxy groups -OCH3 is 2. The first-order valence-corrected chi connectivity index (χ1v) is 9.95. The van der Waals surface area contributed by atoms with Crippen LogP contribution in [0.2, 0.25) is 0 Å². The van der Waals surface area contributed by atoms with E-state index >= 15 is 0 Å². The van der Waals surface area contributed by atoms with Crippen LogP contribution in [0.25, 0.3) is 22.6 Å². The number of ether oxygens (including phenoxy) is 2. The second-order valence-electron chi connectivity index (χ2n) is 7.24. The van der Waals surface area contributed by atoms with E-state index in [0.29, 0.717) is 18.0 Å². The van der Waals surface area contributed by atoms with Gasteiger partial charge in [0.2, 0.25) is 0 Å². The summed E-state index contributed by atoms with van der Waals surface area (Å²) in [6, 6.07) is 22.9. The summed E-state index contributed by atoms with van der Waals surface area (Å²) in [5.41, 5.74) is 4.40. The Bertz CT molecular complexity index is 1250. The minimum absolute atomic E-state index is 0. The molecule has 6 nitrogen and oxygen atoms in total. The molecule has 0 unspecified atom stereocenters. The van der Waals surface area contributed by atoms with Crippen molar-refractivity contribution in [2.45, 2.75) is 6.67 Å². The highest BCUT2D eigenvalue weighted by Gasteiger charge is 2.29. The highest BCUT2D eigenvalue weighted by Crippen LogP contribution is 2.39. The van der Waals surface area contributed by atoms with Gasteiger partial charge in [-0.2, -0.15) is 0 Å². The third-order valence-electron chi connectivity index (χ3n) is 5.54. The zero-order valence-electron chi connectivity index (χ0n) is 17.7. The smallest absolute Gasteiger partial charge is 0.259 e. The zero-order chi connectivity index (χ0) is 21.4. The largest absolute Gasteiger partial charge is 0.497 e. The SMILES string of the molecule is COc1ccc(C(=O)N2Cn3c(cnc3-c3ccc(OC)cc3)-c3ccccc32)cc1.Cl. The fourth-order valence-corrected chi connectivity index (χ4v) is 3.91. The van der Waals surface area contributed by atoms with Crippen LogP contribution in [0.15, 0.2) is 79.0 Å². The highest BCUT2D eigenvalue weighted by atomic mass is 35.5. The fraction of sp³-hybridized carbons (Fsp3) is 0.120. The maximum atomic E-state index is 13.5. The second kappa shape index (κ2) is 8.77. The molecule has 0 saturated heterocycles. The van der Waals surface area contributed by atoms with E-state index in [1.807, 2.05) is 54.7 Å². The van der Waals surface area contributed by atoms with Gasteiger partial charge in [0.25, 0.3) is 5.91 Å². The number of rotatable bonds is 4. The summed E-state index contributed by atoms with van der Waals surface area (Å²) < 4.78 is 12.6. The van der Waals surface area contributed by atoms with Crippen LogP contribution in [0.3, 0.4) is 0 Å². The Morgan fingerprint density at radius 3 is 2.16 bits per heavy atom. The van der Waals surface area contributed by atoms with E-state index in [9.17, 15) is 4.79 Å². The number of nitrogens with zero attached hydrogens (tertiary/aromatic N) is 3. The molecule has 0 spiro atoms. The van der Waals surface area contributed by atoms with E-state index in [0.717, 1.165) is 34.1 Å². The predicted molar refractivity (Wildman–Crippen MR) is 127 cm³/mol. The standard InChI is InChI=1S/C25H21N3O3.ClH/c1-30-19-11-7-17(8-12-19)24-26-15-23-21-5-3-4-6-22(21)28(16-27(23)24)25(29)18-9-13-20(31-2)14-10-18;/h3-15H,16H2,1-2H3;1H. The molecule has 0 aliphatic carbocycles. The van der Waals surface area contributed by atoms with Gasteiger partial charge in [-0.15, -0.1) is 12.4 Å². The van der Waals surface area contributed by atoms with Gasteiger partial charge < -0.3 is 14.0 Å². The molecule has 5 rings (SSSR count). The molecular formula is C25H22ClN3O3. The van der Waals surface area contributed by atoms with Crippen molar-refractivity contribution in [3.05, 3.63) is 84.6 Å². The van der Waals surface area contributed by atoms with E-state index < -0.39 is 0 Å². The van der Waals surface area contributed by atoms with Crippen molar-refractivity contribution in [1.29, 1.82) is 0 Å². The summed E-state index contributed by atoms with van der Waals surface area (Å²) in [7, 11) is 3.25. The zero-order valence-corrected chi connectivity index (χ0v) is 18.5. The number of aromatic nitrogens is 2. The topological polar surface area (TPSA) is 56.6 Å². The monoisotopic (exact) mass is 447 g/mol. The first-order valence-electron chi connectivity index (χ1n) is 9.95. The molecule has 0 N–H and O–H groups in total. The molecule has 32 heavy (non-hydrogen) atoms. The molecule has 0 saturated carbocycles. The number of para-hydroxylation sites is 1. The van der Waals surface area contributed by atoms with Crippen molar-refractivity contribution in [3.8, 4) is 34.1 Å². The lowest BCUT2D eigenvalue weighted by Gasteiger charge is -2.31. The Morgan fingerprint density at radius 2 is 1.50 bits per heavy atom. The molecule has 4 aromatic rings. The first-order chi connectivity index (χ1) is 15.2. The number of benzene rings is 3. The van der Waals surface area contributed by atoms with Crippen LogP contribution in [0.4, 0.5) is 5.69 Å². The van der Waals surface area contributed by atoms with Crippen molar-refractivity contribution in [1.82, 2.24) is 9.55 Å². The molecule has 2 heterocycles. The minimum atomic E-state index is -0.0740. The molecule has 162 valence electrons.